The highest BCUT2D eigenvalue weighted by atomic mass is 16.5. The molecule has 4 nitrogen and oxygen atoms in total. The van der Waals surface area contributed by atoms with Crippen molar-refractivity contribution in [2.24, 2.45) is 0 Å². The largest absolute Gasteiger partial charge is 0.484 e. The van der Waals surface area contributed by atoms with Gasteiger partial charge in [-0.15, -0.1) is 0 Å². The van der Waals surface area contributed by atoms with Crippen LogP contribution in [0.5, 0.6) is 5.75 Å². The smallest absolute Gasteiger partial charge is 0.262 e. The summed E-state index contributed by atoms with van der Waals surface area (Å²) in [6.07, 6.45) is 5.17. The van der Waals surface area contributed by atoms with E-state index in [9.17, 15) is 4.79 Å². The SMILES string of the molecule is O=C(COc1ccccc1)Nc1ccc(N2CCCCCC2)cc1. The molecule has 1 heterocycles. The van der Waals surface area contributed by atoms with E-state index in [1.54, 1.807) is 0 Å². The zero-order valence-electron chi connectivity index (χ0n) is 13.9. The van der Waals surface area contributed by atoms with Crippen LogP contribution in [0.2, 0.25) is 0 Å². The number of nitrogens with one attached hydrogen (secondary N) is 1. The summed E-state index contributed by atoms with van der Waals surface area (Å²) in [6.45, 7) is 2.26. The van der Waals surface area contributed by atoms with Gasteiger partial charge in [-0.1, -0.05) is 31.0 Å². The molecule has 2 aromatic carbocycles. The summed E-state index contributed by atoms with van der Waals surface area (Å²) in [5.74, 6) is 0.547. The Morgan fingerprint density at radius 2 is 1.58 bits per heavy atom. The molecular formula is C20H24N2O2. The highest BCUT2D eigenvalue weighted by molar-refractivity contribution is 5.92. The molecule has 1 fully saturated rings. The maximum absolute atomic E-state index is 12.0. The van der Waals surface area contributed by atoms with Gasteiger partial charge in [0.25, 0.3) is 5.91 Å². The molecule has 0 atom stereocenters. The average molecular weight is 324 g/mol. The number of benzene rings is 2. The Kier molecular flexibility index (Phi) is 5.72. The van der Waals surface area contributed by atoms with Crippen LogP contribution in [-0.4, -0.2) is 25.6 Å². The molecule has 2 aromatic rings. The van der Waals surface area contributed by atoms with Gasteiger partial charge in [0.15, 0.2) is 6.61 Å². The zero-order chi connectivity index (χ0) is 16.6. The molecule has 0 saturated carbocycles. The Labute approximate surface area is 143 Å². The lowest BCUT2D eigenvalue weighted by Crippen LogP contribution is -2.24. The van der Waals surface area contributed by atoms with Crippen LogP contribution in [0.4, 0.5) is 11.4 Å². The lowest BCUT2D eigenvalue weighted by molar-refractivity contribution is -0.118. The first kappa shape index (κ1) is 16.4. The van der Waals surface area contributed by atoms with Crippen LogP contribution < -0.4 is 15.0 Å². The monoisotopic (exact) mass is 324 g/mol. The van der Waals surface area contributed by atoms with E-state index in [2.05, 4.69) is 22.3 Å². The van der Waals surface area contributed by atoms with E-state index in [4.69, 9.17) is 4.74 Å². The second-order valence-corrected chi connectivity index (χ2v) is 6.10. The summed E-state index contributed by atoms with van der Waals surface area (Å²) < 4.78 is 5.45. The van der Waals surface area contributed by atoms with E-state index in [1.807, 2.05) is 42.5 Å². The molecule has 1 aliphatic rings. The number of ether oxygens (including phenoxy) is 1. The van der Waals surface area contributed by atoms with E-state index in [1.165, 1.54) is 31.4 Å². The summed E-state index contributed by atoms with van der Waals surface area (Å²) in [6, 6.07) is 17.4. The first-order valence-electron chi connectivity index (χ1n) is 8.64. The molecule has 126 valence electrons. The van der Waals surface area contributed by atoms with E-state index >= 15 is 0 Å². The summed E-state index contributed by atoms with van der Waals surface area (Å²) in [4.78, 5) is 14.4. The van der Waals surface area contributed by atoms with Crippen molar-refractivity contribution in [2.45, 2.75) is 25.7 Å². The van der Waals surface area contributed by atoms with Crippen molar-refractivity contribution < 1.29 is 9.53 Å². The van der Waals surface area contributed by atoms with Crippen molar-refractivity contribution in [1.29, 1.82) is 0 Å². The standard InChI is InChI=1S/C20H24N2O2/c23-20(16-24-19-8-4-3-5-9-19)21-17-10-12-18(13-11-17)22-14-6-1-2-7-15-22/h3-5,8-13H,1-2,6-7,14-16H2,(H,21,23). The minimum Gasteiger partial charge on any atom is -0.484 e. The van der Waals surface area contributed by atoms with E-state index in [0.29, 0.717) is 5.75 Å². The Morgan fingerprint density at radius 1 is 0.917 bits per heavy atom. The molecule has 3 rings (SSSR count). The number of nitrogens with zero attached hydrogens (tertiary/aromatic N) is 1. The molecule has 0 radical (unpaired) electrons. The maximum atomic E-state index is 12.0. The molecule has 1 aliphatic heterocycles. The van der Waals surface area contributed by atoms with Gasteiger partial charge in [-0.05, 0) is 49.2 Å². The normalized spacial score (nSPS) is 14.8. The predicted molar refractivity (Wildman–Crippen MR) is 97.7 cm³/mol. The number of rotatable bonds is 5. The third kappa shape index (κ3) is 4.75. The van der Waals surface area contributed by atoms with E-state index < -0.39 is 0 Å². The van der Waals surface area contributed by atoms with Crippen LogP contribution in [0.15, 0.2) is 54.6 Å². The number of carbonyl (C=O) groups excluding carboxylic acids is 1. The van der Waals surface area contributed by atoms with Crippen LogP contribution >= 0.6 is 0 Å². The van der Waals surface area contributed by atoms with Gasteiger partial charge >= 0.3 is 0 Å². The van der Waals surface area contributed by atoms with Gasteiger partial charge in [-0.25, -0.2) is 0 Å². The Balaban J connectivity index is 1.51. The van der Waals surface area contributed by atoms with Crippen LogP contribution in [0.3, 0.4) is 0 Å². The number of hydrogen-bond donors (Lipinski definition) is 1. The Bertz CT molecular complexity index is 632. The zero-order valence-corrected chi connectivity index (χ0v) is 13.9. The van der Waals surface area contributed by atoms with Gasteiger partial charge in [0.1, 0.15) is 5.75 Å². The molecule has 0 bridgehead atoms. The van der Waals surface area contributed by atoms with Gasteiger partial charge in [-0.3, -0.25) is 4.79 Å². The van der Waals surface area contributed by atoms with E-state index in [0.717, 1.165) is 18.8 Å². The lowest BCUT2D eigenvalue weighted by Gasteiger charge is -2.22. The van der Waals surface area contributed by atoms with Crippen LogP contribution in [0.1, 0.15) is 25.7 Å². The Hall–Kier alpha value is -2.49. The lowest BCUT2D eigenvalue weighted by atomic mass is 10.2. The highest BCUT2D eigenvalue weighted by Crippen LogP contribution is 2.21. The van der Waals surface area contributed by atoms with Crippen LogP contribution in [0.25, 0.3) is 0 Å². The number of para-hydroxylation sites is 1. The van der Waals surface area contributed by atoms with Crippen molar-refractivity contribution in [3.8, 4) is 5.75 Å². The summed E-state index contributed by atoms with van der Waals surface area (Å²) in [7, 11) is 0. The molecule has 1 N–H and O–H groups in total. The second kappa shape index (κ2) is 8.39. The quantitative estimate of drug-likeness (QED) is 0.901. The van der Waals surface area contributed by atoms with Gasteiger partial charge in [-0.2, -0.15) is 0 Å². The molecular weight excluding hydrogens is 300 g/mol. The van der Waals surface area contributed by atoms with Crippen molar-refractivity contribution in [3.05, 3.63) is 54.6 Å². The first-order chi connectivity index (χ1) is 11.8. The molecule has 1 saturated heterocycles. The van der Waals surface area contributed by atoms with Crippen LogP contribution in [-0.2, 0) is 4.79 Å². The van der Waals surface area contributed by atoms with Gasteiger partial charge in [0, 0.05) is 24.5 Å². The summed E-state index contributed by atoms with van der Waals surface area (Å²) in [5.41, 5.74) is 2.03. The van der Waals surface area contributed by atoms with Gasteiger partial charge < -0.3 is 15.0 Å². The van der Waals surface area contributed by atoms with E-state index in [-0.39, 0.29) is 12.5 Å². The maximum Gasteiger partial charge on any atom is 0.262 e. The minimum absolute atomic E-state index is 0.0118. The second-order valence-electron chi connectivity index (χ2n) is 6.10. The minimum atomic E-state index is -0.152. The molecule has 4 heteroatoms. The summed E-state index contributed by atoms with van der Waals surface area (Å²) in [5, 5.41) is 2.87. The fraction of sp³-hybridized carbons (Fsp3) is 0.350. The summed E-state index contributed by atoms with van der Waals surface area (Å²) >= 11 is 0. The third-order valence-corrected chi connectivity index (χ3v) is 4.24. The van der Waals surface area contributed by atoms with Crippen molar-refractivity contribution in [1.82, 2.24) is 0 Å². The van der Waals surface area contributed by atoms with Crippen molar-refractivity contribution in [3.63, 3.8) is 0 Å². The highest BCUT2D eigenvalue weighted by Gasteiger charge is 2.10. The number of hydrogen-bond acceptors (Lipinski definition) is 3. The Morgan fingerprint density at radius 3 is 2.25 bits per heavy atom. The molecule has 0 spiro atoms. The predicted octanol–water partition coefficient (Wildman–Crippen LogP) is 4.08. The fourth-order valence-corrected chi connectivity index (χ4v) is 2.95. The molecule has 0 unspecified atom stereocenters. The molecule has 0 aliphatic carbocycles. The fourth-order valence-electron chi connectivity index (χ4n) is 2.95. The van der Waals surface area contributed by atoms with Gasteiger partial charge in [0.2, 0.25) is 0 Å². The van der Waals surface area contributed by atoms with Crippen LogP contribution in [0, 0.1) is 0 Å². The topological polar surface area (TPSA) is 41.6 Å². The van der Waals surface area contributed by atoms with Crippen molar-refractivity contribution >= 4 is 17.3 Å². The number of anilines is 2. The van der Waals surface area contributed by atoms with Crippen molar-refractivity contribution in [2.75, 3.05) is 29.9 Å². The molecule has 1 amide bonds. The molecule has 24 heavy (non-hydrogen) atoms. The third-order valence-electron chi connectivity index (χ3n) is 4.24. The molecule has 0 aromatic heterocycles. The average Bonchev–Trinajstić information content (AvgIpc) is 2.91. The number of carbonyl (C=O) groups is 1. The number of amides is 1. The van der Waals surface area contributed by atoms with Gasteiger partial charge in [0.05, 0.1) is 0 Å². The first-order valence-corrected chi connectivity index (χ1v) is 8.64.